The molecule has 1 atom stereocenters. The second-order valence-electron chi connectivity index (χ2n) is 4.36. The molecule has 0 aliphatic carbocycles. The fourth-order valence-corrected chi connectivity index (χ4v) is 2.82. The van der Waals surface area contributed by atoms with Crippen molar-refractivity contribution in [3.63, 3.8) is 0 Å². The lowest BCUT2D eigenvalue weighted by atomic mass is 10.2. The first kappa shape index (κ1) is 14.3. The fourth-order valence-electron chi connectivity index (χ4n) is 2.05. The van der Waals surface area contributed by atoms with Gasteiger partial charge in [-0.2, -0.15) is 0 Å². The van der Waals surface area contributed by atoms with Gasteiger partial charge in [-0.05, 0) is 30.7 Å². The van der Waals surface area contributed by atoms with Crippen LogP contribution in [0.4, 0.5) is 0 Å². The van der Waals surface area contributed by atoms with E-state index < -0.39 is 9.05 Å². The van der Waals surface area contributed by atoms with Crippen molar-refractivity contribution in [1.82, 2.24) is 4.90 Å². The maximum absolute atomic E-state index is 12.2. The van der Waals surface area contributed by atoms with Crippen molar-refractivity contribution in [3.05, 3.63) is 29.8 Å². The van der Waals surface area contributed by atoms with Crippen LogP contribution in [0.5, 0.6) is 0 Å². The van der Waals surface area contributed by atoms with Gasteiger partial charge in [0, 0.05) is 36.4 Å². The van der Waals surface area contributed by atoms with E-state index in [9.17, 15) is 13.2 Å². The van der Waals surface area contributed by atoms with Gasteiger partial charge in [-0.25, -0.2) is 8.42 Å². The molecule has 1 fully saturated rings. The maximum atomic E-state index is 12.2. The van der Waals surface area contributed by atoms with Crippen LogP contribution < -0.4 is 0 Å². The molecule has 1 aliphatic heterocycles. The van der Waals surface area contributed by atoms with Crippen molar-refractivity contribution in [2.75, 3.05) is 20.2 Å². The van der Waals surface area contributed by atoms with Gasteiger partial charge in [-0.3, -0.25) is 4.79 Å². The molecule has 0 N–H and O–H groups in total. The smallest absolute Gasteiger partial charge is 0.261 e. The summed E-state index contributed by atoms with van der Waals surface area (Å²) in [6.45, 7) is 1.21. The van der Waals surface area contributed by atoms with E-state index in [0.717, 1.165) is 6.42 Å². The third-order valence-corrected chi connectivity index (χ3v) is 4.52. The van der Waals surface area contributed by atoms with Crippen LogP contribution in [0, 0.1) is 0 Å². The van der Waals surface area contributed by atoms with Crippen molar-refractivity contribution in [2.24, 2.45) is 0 Å². The van der Waals surface area contributed by atoms with Gasteiger partial charge in [0.25, 0.3) is 15.0 Å². The first-order chi connectivity index (χ1) is 8.91. The highest BCUT2D eigenvalue weighted by Crippen LogP contribution is 2.18. The molecule has 19 heavy (non-hydrogen) atoms. The molecule has 1 saturated heterocycles. The minimum absolute atomic E-state index is 0.0121. The van der Waals surface area contributed by atoms with Crippen molar-refractivity contribution in [1.29, 1.82) is 0 Å². The molecule has 1 unspecified atom stereocenters. The van der Waals surface area contributed by atoms with E-state index in [4.69, 9.17) is 15.4 Å². The lowest BCUT2D eigenvalue weighted by Gasteiger charge is -2.16. The Morgan fingerprint density at radius 1 is 1.37 bits per heavy atom. The molecular weight excluding hydrogens is 290 g/mol. The maximum Gasteiger partial charge on any atom is 0.261 e. The number of carbonyl (C=O) groups excluding carboxylic acids is 1. The average Bonchev–Trinajstić information content (AvgIpc) is 2.86. The van der Waals surface area contributed by atoms with Gasteiger partial charge in [0.2, 0.25) is 0 Å². The molecule has 0 saturated carbocycles. The van der Waals surface area contributed by atoms with E-state index in [2.05, 4.69) is 0 Å². The number of benzene rings is 1. The van der Waals surface area contributed by atoms with Gasteiger partial charge in [-0.15, -0.1) is 0 Å². The Balaban J connectivity index is 2.13. The largest absolute Gasteiger partial charge is 0.380 e. The van der Waals surface area contributed by atoms with E-state index in [-0.39, 0.29) is 16.9 Å². The molecule has 2 rings (SSSR count). The Kier molecular flexibility index (Phi) is 4.13. The van der Waals surface area contributed by atoms with E-state index in [0.29, 0.717) is 18.7 Å². The predicted molar refractivity (Wildman–Crippen MR) is 70.8 cm³/mol. The van der Waals surface area contributed by atoms with Crippen molar-refractivity contribution in [3.8, 4) is 0 Å². The van der Waals surface area contributed by atoms with Gasteiger partial charge >= 0.3 is 0 Å². The SMILES string of the molecule is COC1CCN(C(=O)c2ccc(S(=O)(=O)Cl)cc2)C1. The Labute approximate surface area is 116 Å². The number of ether oxygens (including phenoxy) is 1. The highest BCUT2D eigenvalue weighted by Gasteiger charge is 2.26. The predicted octanol–water partition coefficient (Wildman–Crippen LogP) is 1.48. The van der Waals surface area contributed by atoms with Crippen molar-refractivity contribution >= 4 is 25.6 Å². The second-order valence-corrected chi connectivity index (χ2v) is 6.93. The van der Waals surface area contributed by atoms with Crippen molar-refractivity contribution in [2.45, 2.75) is 17.4 Å². The highest BCUT2D eigenvalue weighted by molar-refractivity contribution is 8.13. The van der Waals surface area contributed by atoms with Crippen LogP contribution in [0.15, 0.2) is 29.2 Å². The monoisotopic (exact) mass is 303 g/mol. The molecule has 104 valence electrons. The molecule has 0 bridgehead atoms. The number of carbonyl (C=O) groups is 1. The van der Waals surface area contributed by atoms with E-state index in [1.165, 1.54) is 24.3 Å². The Bertz CT molecular complexity index is 570. The number of rotatable bonds is 3. The molecule has 1 aromatic rings. The highest BCUT2D eigenvalue weighted by atomic mass is 35.7. The van der Waals surface area contributed by atoms with Crippen LogP contribution >= 0.6 is 10.7 Å². The quantitative estimate of drug-likeness (QED) is 0.793. The number of nitrogens with zero attached hydrogens (tertiary/aromatic N) is 1. The molecule has 1 aromatic carbocycles. The molecule has 7 heteroatoms. The number of methoxy groups -OCH3 is 1. The van der Waals surface area contributed by atoms with E-state index in [1.807, 2.05) is 0 Å². The number of amides is 1. The Morgan fingerprint density at radius 2 is 2.00 bits per heavy atom. The minimum Gasteiger partial charge on any atom is -0.380 e. The van der Waals surface area contributed by atoms with Gasteiger partial charge in [0.05, 0.1) is 11.0 Å². The molecule has 0 aromatic heterocycles. The Morgan fingerprint density at radius 3 is 2.47 bits per heavy atom. The van der Waals surface area contributed by atoms with E-state index in [1.54, 1.807) is 12.0 Å². The number of halogens is 1. The first-order valence-corrected chi connectivity index (χ1v) is 8.09. The summed E-state index contributed by atoms with van der Waals surface area (Å²) in [4.78, 5) is 13.8. The van der Waals surface area contributed by atoms with Crippen LogP contribution in [0.2, 0.25) is 0 Å². The number of likely N-dealkylation sites (tertiary alicyclic amines) is 1. The molecule has 0 spiro atoms. The van der Waals surface area contributed by atoms with Crippen LogP contribution in [0.3, 0.4) is 0 Å². The Hall–Kier alpha value is -1.11. The molecule has 5 nitrogen and oxygen atoms in total. The summed E-state index contributed by atoms with van der Waals surface area (Å²) in [5, 5.41) is 0. The minimum atomic E-state index is -3.75. The average molecular weight is 304 g/mol. The molecule has 1 heterocycles. The lowest BCUT2D eigenvalue weighted by Crippen LogP contribution is -2.29. The molecule has 1 aliphatic rings. The normalized spacial score (nSPS) is 19.7. The van der Waals surface area contributed by atoms with E-state index >= 15 is 0 Å². The van der Waals surface area contributed by atoms with Crippen molar-refractivity contribution < 1.29 is 17.9 Å². The zero-order chi connectivity index (χ0) is 14.0. The lowest BCUT2D eigenvalue weighted by molar-refractivity contribution is 0.0724. The number of hydrogen-bond donors (Lipinski definition) is 0. The third-order valence-electron chi connectivity index (χ3n) is 3.15. The summed E-state index contributed by atoms with van der Waals surface area (Å²) >= 11 is 0. The van der Waals surface area contributed by atoms with Crippen LogP contribution in [-0.2, 0) is 13.8 Å². The van der Waals surface area contributed by atoms with Gasteiger partial charge in [0.1, 0.15) is 0 Å². The van der Waals surface area contributed by atoms with Crippen LogP contribution in [0.25, 0.3) is 0 Å². The van der Waals surface area contributed by atoms with Gasteiger partial charge in [0.15, 0.2) is 0 Å². The summed E-state index contributed by atoms with van der Waals surface area (Å²) in [5.41, 5.74) is 0.445. The molecule has 1 amide bonds. The summed E-state index contributed by atoms with van der Waals surface area (Å²) in [7, 11) is 3.09. The summed E-state index contributed by atoms with van der Waals surface area (Å²) in [6, 6.07) is 5.61. The molecular formula is C12H14ClNO4S. The van der Waals surface area contributed by atoms with Gasteiger partial charge < -0.3 is 9.64 Å². The summed E-state index contributed by atoms with van der Waals surface area (Å²) < 4.78 is 27.4. The summed E-state index contributed by atoms with van der Waals surface area (Å²) in [5.74, 6) is -0.127. The standard InChI is InChI=1S/C12H14ClNO4S/c1-18-10-6-7-14(8-10)12(15)9-2-4-11(5-3-9)19(13,16)17/h2-5,10H,6-8H2,1H3. The van der Waals surface area contributed by atoms with Crippen LogP contribution in [0.1, 0.15) is 16.8 Å². The zero-order valence-corrected chi connectivity index (χ0v) is 11.9. The topological polar surface area (TPSA) is 63.7 Å². The third kappa shape index (κ3) is 3.26. The van der Waals surface area contributed by atoms with Gasteiger partial charge in [-0.1, -0.05) is 0 Å². The zero-order valence-electron chi connectivity index (χ0n) is 10.4. The van der Waals surface area contributed by atoms with Crippen LogP contribution in [-0.4, -0.2) is 45.5 Å². The second kappa shape index (κ2) is 5.48. The molecule has 0 radical (unpaired) electrons. The fraction of sp³-hybridized carbons (Fsp3) is 0.417. The number of hydrogen-bond acceptors (Lipinski definition) is 4. The first-order valence-electron chi connectivity index (χ1n) is 5.78. The summed E-state index contributed by atoms with van der Waals surface area (Å²) in [6.07, 6.45) is 0.891.